The van der Waals surface area contributed by atoms with Crippen LogP contribution < -0.4 is 9.62 Å². The summed E-state index contributed by atoms with van der Waals surface area (Å²) in [6.07, 6.45) is -3.74. The van der Waals surface area contributed by atoms with Gasteiger partial charge in [0.1, 0.15) is 6.54 Å². The molecule has 0 fully saturated rings. The monoisotopic (exact) mass is 456 g/mol. The van der Waals surface area contributed by atoms with Gasteiger partial charge in [-0.2, -0.15) is 13.2 Å². The van der Waals surface area contributed by atoms with Gasteiger partial charge in [0.05, 0.1) is 22.5 Å². The third-order valence-corrected chi connectivity index (χ3v) is 5.73. The highest BCUT2D eigenvalue weighted by Gasteiger charge is 2.33. The summed E-state index contributed by atoms with van der Waals surface area (Å²) in [6, 6.07) is 15.0. The van der Waals surface area contributed by atoms with E-state index in [1.807, 2.05) is 0 Å². The standard InChI is InChI=1S/C20H16ClF3N2O3S/c1-30(28,29)26(18-8-4-6-13-5-2-3-7-15(13)18)12-19(27)25-14-9-10-17(21)16(11-14)20(22,23)24/h2-11H,12H2,1H3,(H,25,27). The van der Waals surface area contributed by atoms with Gasteiger partial charge in [-0.25, -0.2) is 8.42 Å². The number of amides is 1. The number of carbonyl (C=O) groups is 1. The quantitative estimate of drug-likeness (QED) is 0.592. The molecule has 0 aromatic heterocycles. The fraction of sp³-hybridized carbons (Fsp3) is 0.150. The molecule has 0 unspecified atom stereocenters. The van der Waals surface area contributed by atoms with Crippen molar-refractivity contribution in [2.24, 2.45) is 0 Å². The molecule has 1 amide bonds. The number of nitrogens with zero attached hydrogens (tertiary/aromatic N) is 1. The normalized spacial score (nSPS) is 12.0. The van der Waals surface area contributed by atoms with Crippen LogP contribution in [0.15, 0.2) is 60.7 Å². The Balaban J connectivity index is 1.91. The molecule has 0 saturated heterocycles. The van der Waals surface area contributed by atoms with E-state index in [2.05, 4.69) is 5.32 Å². The molecule has 5 nitrogen and oxygen atoms in total. The molecule has 158 valence electrons. The predicted molar refractivity (Wildman–Crippen MR) is 111 cm³/mol. The molecule has 0 saturated carbocycles. The molecule has 0 bridgehead atoms. The maximum absolute atomic E-state index is 13.0. The summed E-state index contributed by atoms with van der Waals surface area (Å²) in [4.78, 5) is 12.5. The Labute approximate surface area is 176 Å². The van der Waals surface area contributed by atoms with Crippen LogP contribution in [0.2, 0.25) is 5.02 Å². The summed E-state index contributed by atoms with van der Waals surface area (Å²) >= 11 is 5.58. The molecule has 30 heavy (non-hydrogen) atoms. The molecule has 0 aliphatic heterocycles. The number of rotatable bonds is 5. The second kappa shape index (κ2) is 8.16. The Morgan fingerprint density at radius 2 is 1.73 bits per heavy atom. The number of anilines is 2. The topological polar surface area (TPSA) is 66.5 Å². The van der Waals surface area contributed by atoms with Gasteiger partial charge in [0.15, 0.2) is 0 Å². The lowest BCUT2D eigenvalue weighted by molar-refractivity contribution is -0.137. The highest BCUT2D eigenvalue weighted by molar-refractivity contribution is 7.92. The number of benzene rings is 3. The Morgan fingerprint density at radius 1 is 1.07 bits per heavy atom. The van der Waals surface area contributed by atoms with Gasteiger partial charge in [0.2, 0.25) is 15.9 Å². The second-order valence-electron chi connectivity index (χ2n) is 6.51. The number of halogens is 4. The van der Waals surface area contributed by atoms with Gasteiger partial charge in [-0.15, -0.1) is 0 Å². The largest absolute Gasteiger partial charge is 0.417 e. The summed E-state index contributed by atoms with van der Waals surface area (Å²) < 4.78 is 64.7. The fourth-order valence-electron chi connectivity index (χ4n) is 2.96. The first kappa shape index (κ1) is 21.9. The first-order valence-corrected chi connectivity index (χ1v) is 10.8. The molecule has 0 radical (unpaired) electrons. The SMILES string of the molecule is CS(=O)(=O)N(CC(=O)Nc1ccc(Cl)c(C(F)(F)F)c1)c1cccc2ccccc12. The molecule has 3 rings (SSSR count). The van der Waals surface area contributed by atoms with Crippen LogP contribution in [0.1, 0.15) is 5.56 Å². The lowest BCUT2D eigenvalue weighted by Gasteiger charge is -2.23. The maximum Gasteiger partial charge on any atom is 0.417 e. The van der Waals surface area contributed by atoms with Crippen LogP contribution in [0, 0.1) is 0 Å². The van der Waals surface area contributed by atoms with E-state index < -0.39 is 39.2 Å². The van der Waals surface area contributed by atoms with Crippen molar-refractivity contribution in [1.82, 2.24) is 0 Å². The molecule has 10 heteroatoms. The molecular weight excluding hydrogens is 441 g/mol. The van der Waals surface area contributed by atoms with Crippen molar-refractivity contribution < 1.29 is 26.4 Å². The van der Waals surface area contributed by atoms with Crippen molar-refractivity contribution in [3.05, 3.63) is 71.2 Å². The van der Waals surface area contributed by atoms with Crippen molar-refractivity contribution in [2.75, 3.05) is 22.4 Å². The number of sulfonamides is 1. The zero-order valence-corrected chi connectivity index (χ0v) is 17.1. The number of fused-ring (bicyclic) bond motifs is 1. The first-order valence-electron chi connectivity index (χ1n) is 8.59. The molecular formula is C20H16ClF3N2O3S. The van der Waals surface area contributed by atoms with E-state index in [1.54, 1.807) is 42.5 Å². The molecule has 0 spiro atoms. The fourth-order valence-corrected chi connectivity index (χ4v) is 4.05. The van der Waals surface area contributed by atoms with Crippen molar-refractivity contribution >= 4 is 49.7 Å². The number of alkyl halides is 3. The van der Waals surface area contributed by atoms with Gasteiger partial charge in [-0.3, -0.25) is 9.10 Å². The van der Waals surface area contributed by atoms with Crippen molar-refractivity contribution in [1.29, 1.82) is 0 Å². The van der Waals surface area contributed by atoms with Crippen molar-refractivity contribution in [2.45, 2.75) is 6.18 Å². The highest BCUT2D eigenvalue weighted by atomic mass is 35.5. The number of hydrogen-bond donors (Lipinski definition) is 1. The van der Waals surface area contributed by atoms with Gasteiger partial charge in [0.25, 0.3) is 0 Å². The van der Waals surface area contributed by atoms with Crippen molar-refractivity contribution in [3.63, 3.8) is 0 Å². The van der Waals surface area contributed by atoms with Gasteiger partial charge < -0.3 is 5.32 Å². The predicted octanol–water partition coefficient (Wildman–Crippen LogP) is 4.92. The average Bonchev–Trinajstić information content (AvgIpc) is 2.65. The maximum atomic E-state index is 13.0. The van der Waals surface area contributed by atoms with E-state index in [4.69, 9.17) is 11.6 Å². The van der Waals surface area contributed by atoms with Gasteiger partial charge >= 0.3 is 6.18 Å². The van der Waals surface area contributed by atoms with E-state index in [0.717, 1.165) is 22.0 Å². The van der Waals surface area contributed by atoms with Crippen LogP contribution in [-0.2, 0) is 21.0 Å². The molecule has 3 aromatic rings. The summed E-state index contributed by atoms with van der Waals surface area (Å²) in [5.74, 6) is -0.802. The first-order chi connectivity index (χ1) is 14.0. The zero-order chi connectivity index (χ0) is 22.1. The third-order valence-electron chi connectivity index (χ3n) is 4.28. The summed E-state index contributed by atoms with van der Waals surface area (Å²) in [5, 5.41) is 3.18. The van der Waals surface area contributed by atoms with Gasteiger partial charge in [0, 0.05) is 11.1 Å². The summed E-state index contributed by atoms with van der Waals surface area (Å²) in [6.45, 7) is -0.614. The smallest absolute Gasteiger partial charge is 0.324 e. The van der Waals surface area contributed by atoms with Crippen LogP contribution in [0.5, 0.6) is 0 Å². The zero-order valence-electron chi connectivity index (χ0n) is 15.6. The van der Waals surface area contributed by atoms with Gasteiger partial charge in [-0.1, -0.05) is 48.0 Å². The van der Waals surface area contributed by atoms with E-state index in [0.29, 0.717) is 11.5 Å². The van der Waals surface area contributed by atoms with E-state index >= 15 is 0 Å². The van der Waals surface area contributed by atoms with E-state index in [-0.39, 0.29) is 11.4 Å². The summed E-state index contributed by atoms with van der Waals surface area (Å²) in [5.41, 5.74) is -0.961. The third kappa shape index (κ3) is 4.85. The molecule has 0 aliphatic carbocycles. The number of hydrogen-bond acceptors (Lipinski definition) is 3. The molecule has 0 heterocycles. The van der Waals surface area contributed by atoms with Crippen molar-refractivity contribution in [3.8, 4) is 0 Å². The molecule has 3 aromatic carbocycles. The summed E-state index contributed by atoms with van der Waals surface area (Å²) in [7, 11) is -3.86. The Hall–Kier alpha value is -2.78. The van der Waals surface area contributed by atoms with Crippen LogP contribution >= 0.6 is 11.6 Å². The highest BCUT2D eigenvalue weighted by Crippen LogP contribution is 2.36. The molecule has 1 N–H and O–H groups in total. The molecule has 0 atom stereocenters. The Bertz CT molecular complexity index is 1210. The van der Waals surface area contributed by atoms with Crippen LogP contribution in [0.3, 0.4) is 0 Å². The van der Waals surface area contributed by atoms with Crippen LogP contribution in [-0.4, -0.2) is 27.1 Å². The average molecular weight is 457 g/mol. The lowest BCUT2D eigenvalue weighted by atomic mass is 10.1. The van der Waals surface area contributed by atoms with Crippen LogP contribution in [0.25, 0.3) is 10.8 Å². The minimum absolute atomic E-state index is 0.150. The molecule has 0 aliphatic rings. The van der Waals surface area contributed by atoms with E-state index in [1.165, 1.54) is 6.07 Å². The van der Waals surface area contributed by atoms with E-state index in [9.17, 15) is 26.4 Å². The second-order valence-corrected chi connectivity index (χ2v) is 8.82. The number of carbonyl (C=O) groups excluding carboxylic acids is 1. The minimum Gasteiger partial charge on any atom is -0.324 e. The Morgan fingerprint density at radius 3 is 2.40 bits per heavy atom. The number of nitrogens with one attached hydrogen (secondary N) is 1. The van der Waals surface area contributed by atoms with Crippen LogP contribution in [0.4, 0.5) is 24.5 Å². The Kier molecular flexibility index (Phi) is 5.96. The minimum atomic E-state index is -4.69. The van der Waals surface area contributed by atoms with Gasteiger partial charge in [-0.05, 0) is 29.7 Å². The lowest BCUT2D eigenvalue weighted by Crippen LogP contribution is -2.37.